The molecule has 0 aliphatic rings. The van der Waals surface area contributed by atoms with Crippen LogP contribution >= 0.6 is 0 Å². The van der Waals surface area contributed by atoms with Gasteiger partial charge in [0.05, 0.1) is 12.7 Å². The standard InChI is InChI=1S/C16H23NO3/c1-7-16(4,5)15(19)17-12-8-10(2)11(3)13(9-12)14(18)20-6/h8-9H,7H2,1-6H3,(H,17,19). The molecule has 1 amide bonds. The lowest BCUT2D eigenvalue weighted by molar-refractivity contribution is -0.124. The smallest absolute Gasteiger partial charge is 0.338 e. The summed E-state index contributed by atoms with van der Waals surface area (Å²) >= 11 is 0. The second-order valence-corrected chi connectivity index (χ2v) is 5.65. The van der Waals surface area contributed by atoms with E-state index < -0.39 is 11.4 Å². The van der Waals surface area contributed by atoms with Crippen molar-refractivity contribution in [2.24, 2.45) is 5.41 Å². The third-order valence-corrected chi connectivity index (χ3v) is 3.83. The number of carbonyl (C=O) groups excluding carboxylic acids is 2. The summed E-state index contributed by atoms with van der Waals surface area (Å²) < 4.78 is 4.77. The number of aryl methyl sites for hydroxylation is 1. The summed E-state index contributed by atoms with van der Waals surface area (Å²) in [6.45, 7) is 9.53. The van der Waals surface area contributed by atoms with Crippen molar-refractivity contribution in [2.45, 2.75) is 41.0 Å². The second-order valence-electron chi connectivity index (χ2n) is 5.65. The zero-order valence-corrected chi connectivity index (χ0v) is 13.1. The van der Waals surface area contributed by atoms with E-state index in [1.54, 1.807) is 6.07 Å². The van der Waals surface area contributed by atoms with Gasteiger partial charge in [0.25, 0.3) is 0 Å². The molecule has 20 heavy (non-hydrogen) atoms. The van der Waals surface area contributed by atoms with Crippen LogP contribution in [0.4, 0.5) is 5.69 Å². The van der Waals surface area contributed by atoms with Gasteiger partial charge in [-0.2, -0.15) is 0 Å². The van der Waals surface area contributed by atoms with Crippen molar-refractivity contribution in [2.75, 3.05) is 12.4 Å². The molecule has 0 aliphatic carbocycles. The third kappa shape index (κ3) is 3.38. The average molecular weight is 277 g/mol. The van der Waals surface area contributed by atoms with E-state index in [2.05, 4.69) is 5.32 Å². The van der Waals surface area contributed by atoms with Crippen molar-refractivity contribution in [3.05, 3.63) is 28.8 Å². The first-order valence-electron chi connectivity index (χ1n) is 6.74. The summed E-state index contributed by atoms with van der Waals surface area (Å²) in [5.41, 5.74) is 2.48. The summed E-state index contributed by atoms with van der Waals surface area (Å²) in [6, 6.07) is 3.53. The summed E-state index contributed by atoms with van der Waals surface area (Å²) in [6.07, 6.45) is 0.744. The number of benzene rings is 1. The monoisotopic (exact) mass is 277 g/mol. The van der Waals surface area contributed by atoms with Crippen LogP contribution in [0.25, 0.3) is 0 Å². The van der Waals surface area contributed by atoms with Crippen molar-refractivity contribution in [1.82, 2.24) is 0 Å². The van der Waals surface area contributed by atoms with Crippen LogP contribution in [0.15, 0.2) is 12.1 Å². The number of hydrogen-bond acceptors (Lipinski definition) is 3. The summed E-state index contributed by atoms with van der Waals surface area (Å²) in [4.78, 5) is 23.9. The Labute approximate surface area is 120 Å². The number of methoxy groups -OCH3 is 1. The molecular weight excluding hydrogens is 254 g/mol. The second kappa shape index (κ2) is 6.07. The van der Waals surface area contributed by atoms with Crippen LogP contribution in [0.3, 0.4) is 0 Å². The number of anilines is 1. The normalized spacial score (nSPS) is 11.1. The van der Waals surface area contributed by atoms with Crippen LogP contribution in [0.5, 0.6) is 0 Å². The van der Waals surface area contributed by atoms with Gasteiger partial charge in [0.15, 0.2) is 0 Å². The minimum Gasteiger partial charge on any atom is -0.465 e. The van der Waals surface area contributed by atoms with Gasteiger partial charge in [-0.25, -0.2) is 4.79 Å². The summed E-state index contributed by atoms with van der Waals surface area (Å²) in [5, 5.41) is 2.87. The van der Waals surface area contributed by atoms with Gasteiger partial charge in [-0.15, -0.1) is 0 Å². The van der Waals surface area contributed by atoms with Crippen LogP contribution < -0.4 is 5.32 Å². The predicted molar refractivity (Wildman–Crippen MR) is 80.0 cm³/mol. The fourth-order valence-electron chi connectivity index (χ4n) is 1.71. The van der Waals surface area contributed by atoms with Crippen LogP contribution in [0, 0.1) is 19.3 Å². The number of esters is 1. The molecule has 4 heteroatoms. The molecule has 0 saturated carbocycles. The lowest BCUT2D eigenvalue weighted by Gasteiger charge is -2.22. The molecule has 1 rings (SSSR count). The van der Waals surface area contributed by atoms with E-state index in [4.69, 9.17) is 4.74 Å². The molecule has 0 aromatic heterocycles. The fourth-order valence-corrected chi connectivity index (χ4v) is 1.71. The first kappa shape index (κ1) is 16.2. The van der Waals surface area contributed by atoms with Gasteiger partial charge in [0, 0.05) is 11.1 Å². The summed E-state index contributed by atoms with van der Waals surface area (Å²) in [5.74, 6) is -0.449. The number of amides is 1. The quantitative estimate of drug-likeness (QED) is 0.857. The SMILES string of the molecule is CCC(C)(C)C(=O)Nc1cc(C)c(C)c(C(=O)OC)c1. The minimum atomic E-state index is -0.440. The topological polar surface area (TPSA) is 55.4 Å². The van der Waals surface area contributed by atoms with E-state index in [0.29, 0.717) is 11.3 Å². The maximum absolute atomic E-state index is 12.2. The zero-order valence-electron chi connectivity index (χ0n) is 13.1. The highest BCUT2D eigenvalue weighted by molar-refractivity contribution is 5.97. The average Bonchev–Trinajstić information content (AvgIpc) is 2.41. The first-order valence-corrected chi connectivity index (χ1v) is 6.74. The van der Waals surface area contributed by atoms with Gasteiger partial charge < -0.3 is 10.1 Å². The first-order chi connectivity index (χ1) is 9.22. The highest BCUT2D eigenvalue weighted by Crippen LogP contribution is 2.25. The number of rotatable bonds is 4. The molecule has 0 atom stereocenters. The molecule has 0 unspecified atom stereocenters. The molecule has 4 nitrogen and oxygen atoms in total. The highest BCUT2D eigenvalue weighted by Gasteiger charge is 2.25. The van der Waals surface area contributed by atoms with E-state index in [-0.39, 0.29) is 5.91 Å². The Morgan fingerprint density at radius 2 is 1.85 bits per heavy atom. The Morgan fingerprint density at radius 1 is 1.25 bits per heavy atom. The molecule has 0 fully saturated rings. The van der Waals surface area contributed by atoms with Crippen LogP contribution in [-0.4, -0.2) is 19.0 Å². The predicted octanol–water partition coefficient (Wildman–Crippen LogP) is 3.46. The van der Waals surface area contributed by atoms with Crippen molar-refractivity contribution in [3.8, 4) is 0 Å². The maximum Gasteiger partial charge on any atom is 0.338 e. The van der Waals surface area contributed by atoms with Crippen LogP contribution in [0.2, 0.25) is 0 Å². The Kier molecular flexibility index (Phi) is 4.93. The molecule has 0 spiro atoms. The third-order valence-electron chi connectivity index (χ3n) is 3.83. The van der Waals surface area contributed by atoms with Gasteiger partial charge in [-0.05, 0) is 43.5 Å². The molecule has 1 N–H and O–H groups in total. The van der Waals surface area contributed by atoms with Gasteiger partial charge in [-0.1, -0.05) is 20.8 Å². The van der Waals surface area contributed by atoms with Crippen molar-refractivity contribution < 1.29 is 14.3 Å². The van der Waals surface area contributed by atoms with E-state index in [1.807, 2.05) is 40.7 Å². The fraction of sp³-hybridized carbons (Fsp3) is 0.500. The van der Waals surface area contributed by atoms with Gasteiger partial charge in [-0.3, -0.25) is 4.79 Å². The molecule has 0 saturated heterocycles. The molecule has 110 valence electrons. The largest absolute Gasteiger partial charge is 0.465 e. The molecule has 0 aliphatic heterocycles. The number of hydrogen-bond donors (Lipinski definition) is 1. The highest BCUT2D eigenvalue weighted by atomic mass is 16.5. The molecular formula is C16H23NO3. The van der Waals surface area contributed by atoms with E-state index >= 15 is 0 Å². The van der Waals surface area contributed by atoms with Crippen LogP contribution in [-0.2, 0) is 9.53 Å². The van der Waals surface area contributed by atoms with Crippen molar-refractivity contribution in [3.63, 3.8) is 0 Å². The van der Waals surface area contributed by atoms with Crippen molar-refractivity contribution >= 4 is 17.6 Å². The number of carbonyl (C=O) groups is 2. The Balaban J connectivity index is 3.12. The molecule has 1 aromatic rings. The minimum absolute atomic E-state index is 0.0564. The number of nitrogens with one attached hydrogen (secondary N) is 1. The van der Waals surface area contributed by atoms with E-state index in [1.165, 1.54) is 7.11 Å². The lowest BCUT2D eigenvalue weighted by atomic mass is 9.89. The van der Waals surface area contributed by atoms with E-state index in [9.17, 15) is 9.59 Å². The van der Waals surface area contributed by atoms with Gasteiger partial charge in [0.1, 0.15) is 0 Å². The van der Waals surface area contributed by atoms with Gasteiger partial charge in [0.2, 0.25) is 5.91 Å². The Hall–Kier alpha value is -1.84. The molecule has 0 radical (unpaired) electrons. The maximum atomic E-state index is 12.2. The van der Waals surface area contributed by atoms with E-state index in [0.717, 1.165) is 17.5 Å². The zero-order chi connectivity index (χ0) is 15.5. The molecule has 1 aromatic carbocycles. The van der Waals surface area contributed by atoms with Crippen molar-refractivity contribution in [1.29, 1.82) is 0 Å². The summed E-state index contributed by atoms with van der Waals surface area (Å²) in [7, 11) is 1.35. The van der Waals surface area contributed by atoms with Gasteiger partial charge >= 0.3 is 5.97 Å². The Morgan fingerprint density at radius 3 is 2.35 bits per heavy atom. The molecule has 0 bridgehead atoms. The Bertz CT molecular complexity index is 533. The number of ether oxygens (including phenoxy) is 1. The van der Waals surface area contributed by atoms with Crippen LogP contribution in [0.1, 0.15) is 48.7 Å². The molecule has 0 heterocycles. The lowest BCUT2D eigenvalue weighted by Crippen LogP contribution is -2.30.